The molecule has 1 heteroatoms. The molecular formula is C23H38O. The molecule has 1 nitrogen and oxygen atoms in total. The van der Waals surface area contributed by atoms with Crippen molar-refractivity contribution in [1.82, 2.24) is 0 Å². The normalized spacial score (nSPS) is 57.5. The Morgan fingerprint density at radius 1 is 0.833 bits per heavy atom. The standard InChI is InChI=1S/C23H38O/c1-5-6-16-8-10-19-18-9-7-17-15-21(2,24)13-14-23(17,4)20(18)11-12-22(16,19)3/h5-6,16-20,24H,7-15H2,1-4H3/b6-5+/t16-,17-,18-,19-,20-,21+,22+,23-/m0/s1. The van der Waals surface area contributed by atoms with E-state index in [1.807, 2.05) is 0 Å². The number of allylic oxidation sites excluding steroid dienone is 2. The van der Waals surface area contributed by atoms with Crippen molar-refractivity contribution in [3.05, 3.63) is 12.2 Å². The Balaban J connectivity index is 1.60. The second-order valence-electron chi connectivity index (χ2n) is 10.6. The zero-order valence-corrected chi connectivity index (χ0v) is 16.4. The maximum atomic E-state index is 10.6. The van der Waals surface area contributed by atoms with Gasteiger partial charge in [0.15, 0.2) is 0 Å². The van der Waals surface area contributed by atoms with Gasteiger partial charge in [0.2, 0.25) is 0 Å². The van der Waals surface area contributed by atoms with Crippen molar-refractivity contribution in [2.45, 2.75) is 91.1 Å². The van der Waals surface area contributed by atoms with Gasteiger partial charge < -0.3 is 5.11 Å². The highest BCUT2D eigenvalue weighted by molar-refractivity contribution is 5.12. The molecule has 4 aliphatic rings. The lowest BCUT2D eigenvalue weighted by Gasteiger charge is -2.61. The van der Waals surface area contributed by atoms with Crippen molar-refractivity contribution in [3.63, 3.8) is 0 Å². The fourth-order valence-corrected chi connectivity index (χ4v) is 8.02. The minimum Gasteiger partial charge on any atom is -0.390 e. The smallest absolute Gasteiger partial charge is 0.0622 e. The van der Waals surface area contributed by atoms with Gasteiger partial charge in [-0.1, -0.05) is 26.0 Å². The Bertz CT molecular complexity index is 520. The lowest BCUT2D eigenvalue weighted by atomic mass is 9.44. The van der Waals surface area contributed by atoms with Crippen LogP contribution in [0.2, 0.25) is 0 Å². The molecule has 0 saturated heterocycles. The quantitative estimate of drug-likeness (QED) is 0.587. The van der Waals surface area contributed by atoms with Gasteiger partial charge in [-0.2, -0.15) is 0 Å². The molecule has 0 amide bonds. The number of fused-ring (bicyclic) bond motifs is 5. The minimum atomic E-state index is -0.398. The molecule has 1 N–H and O–H groups in total. The summed E-state index contributed by atoms with van der Waals surface area (Å²) < 4.78 is 0. The molecule has 0 radical (unpaired) electrons. The second-order valence-corrected chi connectivity index (χ2v) is 10.6. The fraction of sp³-hybridized carbons (Fsp3) is 0.913. The van der Waals surface area contributed by atoms with Crippen molar-refractivity contribution >= 4 is 0 Å². The van der Waals surface area contributed by atoms with E-state index in [9.17, 15) is 5.11 Å². The molecule has 136 valence electrons. The third kappa shape index (κ3) is 2.37. The first-order valence-electron chi connectivity index (χ1n) is 10.7. The Morgan fingerprint density at radius 2 is 1.58 bits per heavy atom. The van der Waals surface area contributed by atoms with Crippen LogP contribution in [0.5, 0.6) is 0 Å². The SMILES string of the molecule is C/C=C/[C@H]1CC[C@H]2[C@@H]3CC[C@H]4C[C@](C)(O)CC[C@]4(C)[C@H]3CC[C@]12C. The number of rotatable bonds is 1. The molecule has 0 heterocycles. The van der Waals surface area contributed by atoms with Crippen LogP contribution in [0.15, 0.2) is 12.2 Å². The van der Waals surface area contributed by atoms with Crippen molar-refractivity contribution in [1.29, 1.82) is 0 Å². The molecule has 4 rings (SSSR count). The van der Waals surface area contributed by atoms with Gasteiger partial charge in [-0.3, -0.25) is 0 Å². The molecule has 8 atom stereocenters. The number of hydrogen-bond acceptors (Lipinski definition) is 1. The molecule has 0 aromatic heterocycles. The van der Waals surface area contributed by atoms with Crippen molar-refractivity contribution in [2.24, 2.45) is 40.4 Å². The van der Waals surface area contributed by atoms with Gasteiger partial charge in [0.1, 0.15) is 0 Å². The molecule has 0 aliphatic heterocycles. The maximum absolute atomic E-state index is 10.6. The summed E-state index contributed by atoms with van der Waals surface area (Å²) in [7, 11) is 0. The lowest BCUT2D eigenvalue weighted by Crippen LogP contribution is -2.55. The van der Waals surface area contributed by atoms with Crippen LogP contribution >= 0.6 is 0 Å². The largest absolute Gasteiger partial charge is 0.390 e. The van der Waals surface area contributed by atoms with E-state index >= 15 is 0 Å². The summed E-state index contributed by atoms with van der Waals surface area (Å²) in [4.78, 5) is 0. The Labute approximate surface area is 149 Å². The molecule has 0 spiro atoms. The molecule has 24 heavy (non-hydrogen) atoms. The van der Waals surface area contributed by atoms with Gasteiger partial charge in [0.05, 0.1) is 5.60 Å². The van der Waals surface area contributed by atoms with Crippen LogP contribution in [0, 0.1) is 40.4 Å². The fourth-order valence-electron chi connectivity index (χ4n) is 8.02. The molecule has 0 aromatic rings. The summed E-state index contributed by atoms with van der Waals surface area (Å²) >= 11 is 0. The van der Waals surface area contributed by atoms with Gasteiger partial charge in [0, 0.05) is 0 Å². The molecule has 4 saturated carbocycles. The van der Waals surface area contributed by atoms with Crippen molar-refractivity contribution in [2.75, 3.05) is 0 Å². The van der Waals surface area contributed by atoms with Crippen molar-refractivity contribution < 1.29 is 5.11 Å². The Hall–Kier alpha value is -0.300. The minimum absolute atomic E-state index is 0.398. The zero-order valence-electron chi connectivity index (χ0n) is 16.4. The van der Waals surface area contributed by atoms with Crippen LogP contribution < -0.4 is 0 Å². The van der Waals surface area contributed by atoms with Crippen LogP contribution in [0.25, 0.3) is 0 Å². The highest BCUT2D eigenvalue weighted by Gasteiger charge is 2.60. The molecule has 4 aliphatic carbocycles. The highest BCUT2D eigenvalue weighted by Crippen LogP contribution is 2.68. The number of hydrogen-bond donors (Lipinski definition) is 1. The third-order valence-corrected chi connectivity index (χ3v) is 9.45. The Morgan fingerprint density at radius 3 is 2.33 bits per heavy atom. The maximum Gasteiger partial charge on any atom is 0.0622 e. The summed E-state index contributed by atoms with van der Waals surface area (Å²) in [6.45, 7) is 9.49. The van der Waals surface area contributed by atoms with Gasteiger partial charge in [0.25, 0.3) is 0 Å². The summed E-state index contributed by atoms with van der Waals surface area (Å²) in [6, 6.07) is 0. The van der Waals surface area contributed by atoms with E-state index in [0.717, 1.165) is 42.4 Å². The summed E-state index contributed by atoms with van der Waals surface area (Å²) in [5.74, 6) is 4.43. The first-order valence-corrected chi connectivity index (χ1v) is 10.7. The molecule has 0 bridgehead atoms. The van der Waals surface area contributed by atoms with E-state index in [-0.39, 0.29) is 0 Å². The van der Waals surface area contributed by atoms with E-state index in [1.165, 1.54) is 44.9 Å². The van der Waals surface area contributed by atoms with Gasteiger partial charge in [-0.15, -0.1) is 0 Å². The van der Waals surface area contributed by atoms with E-state index in [2.05, 4.69) is 39.8 Å². The predicted octanol–water partition coefficient (Wildman–Crippen LogP) is 5.97. The average molecular weight is 331 g/mol. The average Bonchev–Trinajstić information content (AvgIpc) is 2.85. The van der Waals surface area contributed by atoms with Gasteiger partial charge >= 0.3 is 0 Å². The van der Waals surface area contributed by atoms with E-state index in [4.69, 9.17) is 0 Å². The van der Waals surface area contributed by atoms with Gasteiger partial charge in [-0.25, -0.2) is 0 Å². The summed E-state index contributed by atoms with van der Waals surface area (Å²) in [5, 5.41) is 10.6. The first-order chi connectivity index (χ1) is 11.3. The molecule has 0 aromatic carbocycles. The predicted molar refractivity (Wildman–Crippen MR) is 101 cm³/mol. The highest BCUT2D eigenvalue weighted by atomic mass is 16.3. The lowest BCUT2D eigenvalue weighted by molar-refractivity contribution is -0.144. The molecule has 4 fully saturated rings. The van der Waals surface area contributed by atoms with Crippen LogP contribution in [0.1, 0.15) is 85.5 Å². The molecule has 0 unspecified atom stereocenters. The van der Waals surface area contributed by atoms with Crippen molar-refractivity contribution in [3.8, 4) is 0 Å². The summed E-state index contributed by atoms with van der Waals surface area (Å²) in [6.07, 6.45) is 16.7. The monoisotopic (exact) mass is 330 g/mol. The third-order valence-electron chi connectivity index (χ3n) is 9.45. The number of aliphatic hydroxyl groups is 1. The summed E-state index contributed by atoms with van der Waals surface area (Å²) in [5.41, 5.74) is 0.673. The Kier molecular flexibility index (Phi) is 4.00. The van der Waals surface area contributed by atoms with E-state index in [1.54, 1.807) is 0 Å². The topological polar surface area (TPSA) is 20.2 Å². The van der Waals surface area contributed by atoms with Crippen LogP contribution in [-0.2, 0) is 0 Å². The van der Waals surface area contributed by atoms with Crippen LogP contribution in [-0.4, -0.2) is 10.7 Å². The zero-order chi connectivity index (χ0) is 17.2. The van der Waals surface area contributed by atoms with Gasteiger partial charge in [-0.05, 0) is 112 Å². The second kappa shape index (κ2) is 5.60. The molecular weight excluding hydrogens is 292 g/mol. The van der Waals surface area contributed by atoms with Crippen LogP contribution in [0.3, 0.4) is 0 Å². The van der Waals surface area contributed by atoms with E-state index < -0.39 is 5.60 Å². The first kappa shape index (κ1) is 17.1. The van der Waals surface area contributed by atoms with Crippen LogP contribution in [0.4, 0.5) is 0 Å². The van der Waals surface area contributed by atoms with E-state index in [0.29, 0.717) is 10.8 Å².